The normalized spacial score (nSPS) is 24.6. The lowest BCUT2D eigenvalue weighted by atomic mass is 10.4. The van der Waals surface area contributed by atoms with E-state index in [1.807, 2.05) is 0 Å². The van der Waals surface area contributed by atoms with Crippen LogP contribution in [0.3, 0.4) is 0 Å². The molecular weight excluding hydrogens is 224 g/mol. The lowest BCUT2D eigenvalue weighted by Gasteiger charge is -2.19. The van der Waals surface area contributed by atoms with Crippen LogP contribution in [0.25, 0.3) is 0 Å². The lowest BCUT2D eigenvalue weighted by molar-refractivity contribution is -0.0879. The van der Waals surface area contributed by atoms with Crippen molar-refractivity contribution in [2.75, 3.05) is 59.5 Å². The summed E-state index contributed by atoms with van der Waals surface area (Å²) in [4.78, 5) is 0. The first kappa shape index (κ1) is 14.6. The third kappa shape index (κ3) is 8.29. The molecule has 0 aromatic carbocycles. The molecule has 0 spiro atoms. The fourth-order valence-corrected chi connectivity index (χ4v) is 1.36. The van der Waals surface area contributed by atoms with Crippen molar-refractivity contribution in [3.8, 4) is 0 Å². The van der Waals surface area contributed by atoms with Crippen molar-refractivity contribution in [1.82, 2.24) is 0 Å². The summed E-state index contributed by atoms with van der Waals surface area (Å²) < 4.78 is 27.1. The van der Waals surface area contributed by atoms with Crippen LogP contribution in [0, 0.1) is 0 Å². The summed E-state index contributed by atoms with van der Waals surface area (Å²) in [6.45, 7) is 8.62. The molecule has 5 nitrogen and oxygen atoms in total. The minimum absolute atomic E-state index is 0.0574. The molecule has 5 heteroatoms. The minimum atomic E-state index is -0.0574. The highest BCUT2D eigenvalue weighted by Crippen LogP contribution is 1.97. The molecule has 1 heterocycles. The Hall–Kier alpha value is -0.460. The van der Waals surface area contributed by atoms with E-state index in [-0.39, 0.29) is 6.10 Å². The Labute approximate surface area is 103 Å². The van der Waals surface area contributed by atoms with Gasteiger partial charge in [-0.05, 0) is 0 Å². The summed E-state index contributed by atoms with van der Waals surface area (Å²) >= 11 is 0. The fraction of sp³-hybridized carbons (Fsp3) is 0.833. The average Bonchev–Trinajstić information content (AvgIpc) is 2.32. The summed E-state index contributed by atoms with van der Waals surface area (Å²) in [5.74, 6) is 0. The maximum atomic E-state index is 5.61. The Balaban J connectivity index is 2.19. The molecule has 1 aliphatic rings. The van der Waals surface area contributed by atoms with E-state index in [0.717, 1.165) is 0 Å². The fourth-order valence-electron chi connectivity index (χ4n) is 1.36. The summed E-state index contributed by atoms with van der Waals surface area (Å²) in [7, 11) is 0. The molecule has 17 heavy (non-hydrogen) atoms. The topological polar surface area (TPSA) is 46.2 Å². The highest BCUT2D eigenvalue weighted by molar-refractivity contribution is 4.65. The van der Waals surface area contributed by atoms with E-state index < -0.39 is 0 Å². The zero-order valence-electron chi connectivity index (χ0n) is 10.3. The van der Waals surface area contributed by atoms with E-state index in [0.29, 0.717) is 59.5 Å². The van der Waals surface area contributed by atoms with Gasteiger partial charge in [0.05, 0.1) is 59.5 Å². The molecule has 0 unspecified atom stereocenters. The van der Waals surface area contributed by atoms with Crippen LogP contribution in [0.1, 0.15) is 0 Å². The predicted molar refractivity (Wildman–Crippen MR) is 63.2 cm³/mol. The molecule has 0 saturated carbocycles. The summed E-state index contributed by atoms with van der Waals surface area (Å²) in [5, 5.41) is 0. The number of hydrogen-bond donors (Lipinski definition) is 0. The second kappa shape index (κ2) is 10.7. The van der Waals surface area contributed by atoms with E-state index in [1.54, 1.807) is 6.08 Å². The molecule has 0 N–H and O–H groups in total. The Morgan fingerprint density at radius 2 is 1.65 bits per heavy atom. The van der Waals surface area contributed by atoms with Gasteiger partial charge in [0, 0.05) is 0 Å². The number of rotatable bonds is 4. The summed E-state index contributed by atoms with van der Waals surface area (Å²) in [6.07, 6.45) is 1.66. The van der Waals surface area contributed by atoms with Gasteiger partial charge in [-0.2, -0.15) is 0 Å². The molecule has 0 radical (unpaired) electrons. The van der Waals surface area contributed by atoms with Gasteiger partial charge in [-0.3, -0.25) is 0 Å². The first-order valence-electron chi connectivity index (χ1n) is 5.97. The van der Waals surface area contributed by atoms with E-state index in [1.165, 1.54) is 0 Å². The summed E-state index contributed by atoms with van der Waals surface area (Å²) in [5.41, 5.74) is 0. The smallest absolute Gasteiger partial charge is 0.104 e. The standard InChI is InChI=1S/C12H22O5/c1-2-3-15-10-12-11-16-7-6-13-4-5-14-8-9-17-12/h2,12H,1,3-11H2/t12-/m0/s1. The van der Waals surface area contributed by atoms with Crippen molar-refractivity contribution in [1.29, 1.82) is 0 Å². The lowest BCUT2D eigenvalue weighted by Crippen LogP contribution is -2.29. The molecule has 0 amide bonds. The van der Waals surface area contributed by atoms with Crippen molar-refractivity contribution in [3.63, 3.8) is 0 Å². The zero-order chi connectivity index (χ0) is 12.2. The Bertz CT molecular complexity index is 174. The third-order valence-electron chi connectivity index (χ3n) is 2.17. The van der Waals surface area contributed by atoms with Crippen molar-refractivity contribution in [2.45, 2.75) is 6.10 Å². The monoisotopic (exact) mass is 246 g/mol. The SMILES string of the molecule is C=CCOC[C@H]1COCCOCCOCCO1. The van der Waals surface area contributed by atoms with Crippen LogP contribution in [0.5, 0.6) is 0 Å². The van der Waals surface area contributed by atoms with Crippen molar-refractivity contribution >= 4 is 0 Å². The largest absolute Gasteiger partial charge is 0.377 e. The van der Waals surface area contributed by atoms with E-state index >= 15 is 0 Å². The second-order valence-corrected chi connectivity index (χ2v) is 3.62. The molecule has 1 rings (SSSR count). The van der Waals surface area contributed by atoms with Crippen LogP contribution in [-0.4, -0.2) is 65.6 Å². The van der Waals surface area contributed by atoms with Gasteiger partial charge in [0.2, 0.25) is 0 Å². The van der Waals surface area contributed by atoms with Crippen LogP contribution in [-0.2, 0) is 23.7 Å². The maximum absolute atomic E-state index is 5.61. The Morgan fingerprint density at radius 3 is 2.35 bits per heavy atom. The molecule has 1 fully saturated rings. The van der Waals surface area contributed by atoms with Gasteiger partial charge in [-0.25, -0.2) is 0 Å². The van der Waals surface area contributed by atoms with Crippen molar-refractivity contribution in [3.05, 3.63) is 12.7 Å². The van der Waals surface area contributed by atoms with E-state index in [4.69, 9.17) is 23.7 Å². The maximum Gasteiger partial charge on any atom is 0.104 e. The van der Waals surface area contributed by atoms with E-state index in [9.17, 15) is 0 Å². The number of hydrogen-bond acceptors (Lipinski definition) is 5. The van der Waals surface area contributed by atoms with Gasteiger partial charge >= 0.3 is 0 Å². The number of ether oxygens (including phenoxy) is 5. The third-order valence-corrected chi connectivity index (χ3v) is 2.17. The second-order valence-electron chi connectivity index (χ2n) is 3.62. The van der Waals surface area contributed by atoms with Gasteiger partial charge in [-0.15, -0.1) is 6.58 Å². The van der Waals surface area contributed by atoms with Gasteiger partial charge < -0.3 is 23.7 Å². The van der Waals surface area contributed by atoms with Crippen LogP contribution >= 0.6 is 0 Å². The van der Waals surface area contributed by atoms with Crippen molar-refractivity contribution < 1.29 is 23.7 Å². The van der Waals surface area contributed by atoms with Gasteiger partial charge in [-0.1, -0.05) is 6.08 Å². The predicted octanol–water partition coefficient (Wildman–Crippen LogP) is 0.638. The molecule has 1 aliphatic heterocycles. The minimum Gasteiger partial charge on any atom is -0.377 e. The van der Waals surface area contributed by atoms with Gasteiger partial charge in [0.25, 0.3) is 0 Å². The average molecular weight is 246 g/mol. The molecule has 0 bridgehead atoms. The Morgan fingerprint density at radius 1 is 1.00 bits per heavy atom. The van der Waals surface area contributed by atoms with Crippen LogP contribution in [0.2, 0.25) is 0 Å². The molecular formula is C12H22O5. The molecule has 1 atom stereocenters. The van der Waals surface area contributed by atoms with Crippen LogP contribution in [0.4, 0.5) is 0 Å². The highest BCUT2D eigenvalue weighted by Gasteiger charge is 2.10. The van der Waals surface area contributed by atoms with Crippen LogP contribution in [0.15, 0.2) is 12.7 Å². The quantitative estimate of drug-likeness (QED) is 0.538. The first-order valence-corrected chi connectivity index (χ1v) is 5.97. The molecule has 1 saturated heterocycles. The first-order chi connectivity index (χ1) is 8.43. The molecule has 0 aliphatic carbocycles. The van der Waals surface area contributed by atoms with E-state index in [2.05, 4.69) is 6.58 Å². The van der Waals surface area contributed by atoms with Gasteiger partial charge in [0.1, 0.15) is 6.10 Å². The zero-order valence-corrected chi connectivity index (χ0v) is 10.3. The highest BCUT2D eigenvalue weighted by atomic mass is 16.6. The Kier molecular flexibility index (Phi) is 9.17. The van der Waals surface area contributed by atoms with Gasteiger partial charge in [0.15, 0.2) is 0 Å². The van der Waals surface area contributed by atoms with Crippen LogP contribution < -0.4 is 0 Å². The molecule has 100 valence electrons. The van der Waals surface area contributed by atoms with Crippen molar-refractivity contribution in [2.24, 2.45) is 0 Å². The molecule has 0 aromatic rings. The molecule has 0 aromatic heterocycles. The summed E-state index contributed by atoms with van der Waals surface area (Å²) in [6, 6.07) is 0.